The lowest BCUT2D eigenvalue weighted by molar-refractivity contribution is -0.126. The van der Waals surface area contributed by atoms with Crippen LogP contribution >= 0.6 is 0 Å². The summed E-state index contributed by atoms with van der Waals surface area (Å²) in [5.41, 5.74) is 2.62. The third-order valence-electron chi connectivity index (χ3n) is 5.43. The third-order valence-corrected chi connectivity index (χ3v) is 5.43. The first kappa shape index (κ1) is 18.5. The minimum Gasteiger partial charge on any atom is -0.486 e. The van der Waals surface area contributed by atoms with Gasteiger partial charge >= 0.3 is 0 Å². The Morgan fingerprint density at radius 3 is 2.87 bits per heavy atom. The second-order valence-electron chi connectivity index (χ2n) is 7.48. The highest BCUT2D eigenvalue weighted by molar-refractivity contribution is 6.00. The molecule has 0 aliphatic carbocycles. The molecule has 2 aromatic carbocycles. The average Bonchev–Trinajstić information content (AvgIpc) is 3.36. The molecule has 2 N–H and O–H groups in total. The maximum atomic E-state index is 12.6. The Hall–Kier alpha value is -3.55. The van der Waals surface area contributed by atoms with E-state index in [1.165, 1.54) is 0 Å². The number of rotatable bonds is 5. The molecule has 3 aromatic rings. The Morgan fingerprint density at radius 1 is 1.17 bits per heavy atom. The molecule has 0 radical (unpaired) electrons. The van der Waals surface area contributed by atoms with Crippen LogP contribution < -0.4 is 19.7 Å². The zero-order valence-corrected chi connectivity index (χ0v) is 16.4. The topological polar surface area (TPSA) is 96.5 Å². The van der Waals surface area contributed by atoms with Crippen molar-refractivity contribution >= 4 is 28.5 Å². The number of anilines is 1. The Labute approximate surface area is 173 Å². The number of carbonyl (C=O) groups excluding carboxylic acids is 2. The van der Waals surface area contributed by atoms with Crippen molar-refractivity contribution in [2.75, 3.05) is 31.2 Å². The first-order chi connectivity index (χ1) is 14.7. The van der Waals surface area contributed by atoms with E-state index in [0.717, 1.165) is 22.5 Å². The van der Waals surface area contributed by atoms with Gasteiger partial charge in [0.25, 0.3) is 0 Å². The van der Waals surface area contributed by atoms with Crippen LogP contribution in [0.3, 0.4) is 0 Å². The molecular weight excluding hydrogens is 384 g/mol. The van der Waals surface area contributed by atoms with Crippen LogP contribution in [-0.4, -0.2) is 48.1 Å². The SMILES string of the molecule is O=C(NCCc1nc2ccccc2[nH]1)[C@H]1CC(=O)N(c2ccc3c(c2)OCCO3)C1. The number of aromatic amines is 1. The standard InChI is InChI=1S/C22H22N4O4/c27-21-11-14(13-26(21)15-5-6-18-19(12-15)30-10-9-29-18)22(28)23-8-7-20-24-16-3-1-2-4-17(16)25-20/h1-6,12,14H,7-11,13H2,(H,23,28)(H,24,25)/t14-/m0/s1. The van der Waals surface area contributed by atoms with Crippen LogP contribution in [0.15, 0.2) is 42.5 Å². The fraction of sp³-hybridized carbons (Fsp3) is 0.318. The molecular formula is C22H22N4O4. The summed E-state index contributed by atoms with van der Waals surface area (Å²) >= 11 is 0. The number of H-pyrrole nitrogens is 1. The van der Waals surface area contributed by atoms with E-state index in [0.29, 0.717) is 44.2 Å². The van der Waals surface area contributed by atoms with Gasteiger partial charge in [0.2, 0.25) is 11.8 Å². The molecule has 1 aromatic heterocycles. The Morgan fingerprint density at radius 2 is 2.00 bits per heavy atom. The first-order valence-corrected chi connectivity index (χ1v) is 10.1. The van der Waals surface area contributed by atoms with Gasteiger partial charge in [-0.25, -0.2) is 4.98 Å². The number of benzene rings is 2. The number of nitrogens with one attached hydrogen (secondary N) is 2. The Bertz CT molecular complexity index is 1080. The van der Waals surface area contributed by atoms with Gasteiger partial charge in [0.15, 0.2) is 11.5 Å². The molecule has 8 nitrogen and oxygen atoms in total. The maximum Gasteiger partial charge on any atom is 0.227 e. The van der Waals surface area contributed by atoms with Crippen molar-refractivity contribution in [3.8, 4) is 11.5 Å². The van der Waals surface area contributed by atoms with Crippen molar-refractivity contribution in [1.82, 2.24) is 15.3 Å². The molecule has 0 unspecified atom stereocenters. The van der Waals surface area contributed by atoms with Crippen molar-refractivity contribution < 1.29 is 19.1 Å². The van der Waals surface area contributed by atoms with Crippen LogP contribution in [0.4, 0.5) is 5.69 Å². The number of fused-ring (bicyclic) bond motifs is 2. The zero-order valence-electron chi connectivity index (χ0n) is 16.4. The van der Waals surface area contributed by atoms with Crippen LogP contribution in [-0.2, 0) is 16.0 Å². The van der Waals surface area contributed by atoms with Crippen LogP contribution in [0.5, 0.6) is 11.5 Å². The molecule has 0 spiro atoms. The molecule has 1 saturated heterocycles. The van der Waals surface area contributed by atoms with Gasteiger partial charge in [-0.2, -0.15) is 0 Å². The second kappa shape index (κ2) is 7.70. The number of nitrogens with zero attached hydrogens (tertiary/aromatic N) is 2. The summed E-state index contributed by atoms with van der Waals surface area (Å²) in [5, 5.41) is 2.94. The van der Waals surface area contributed by atoms with Gasteiger partial charge in [0.1, 0.15) is 19.0 Å². The second-order valence-corrected chi connectivity index (χ2v) is 7.48. The number of amides is 2. The summed E-state index contributed by atoms with van der Waals surface area (Å²) in [5.74, 6) is 1.59. The van der Waals surface area contributed by atoms with Gasteiger partial charge in [-0.3, -0.25) is 9.59 Å². The zero-order chi connectivity index (χ0) is 20.5. The summed E-state index contributed by atoms with van der Waals surface area (Å²) in [6, 6.07) is 13.3. The van der Waals surface area contributed by atoms with Crippen molar-refractivity contribution in [1.29, 1.82) is 0 Å². The van der Waals surface area contributed by atoms with Gasteiger partial charge in [-0.15, -0.1) is 0 Å². The summed E-state index contributed by atoms with van der Waals surface area (Å²) < 4.78 is 11.1. The maximum absolute atomic E-state index is 12.6. The number of aromatic nitrogens is 2. The summed E-state index contributed by atoms with van der Waals surface area (Å²) in [4.78, 5) is 34.5. The van der Waals surface area contributed by atoms with Crippen LogP contribution in [0, 0.1) is 5.92 Å². The molecule has 0 bridgehead atoms. The highest BCUT2D eigenvalue weighted by Gasteiger charge is 2.35. The van der Waals surface area contributed by atoms with Crippen molar-refractivity contribution in [2.45, 2.75) is 12.8 Å². The lowest BCUT2D eigenvalue weighted by Gasteiger charge is -2.22. The van der Waals surface area contributed by atoms with Gasteiger partial charge in [0.05, 0.1) is 17.0 Å². The minimum absolute atomic E-state index is 0.0656. The quantitative estimate of drug-likeness (QED) is 0.676. The van der Waals surface area contributed by atoms with Crippen LogP contribution in [0.25, 0.3) is 11.0 Å². The predicted molar refractivity (Wildman–Crippen MR) is 111 cm³/mol. The largest absolute Gasteiger partial charge is 0.486 e. The molecule has 30 heavy (non-hydrogen) atoms. The molecule has 2 amide bonds. The molecule has 154 valence electrons. The molecule has 2 aliphatic rings. The molecule has 3 heterocycles. The number of hydrogen-bond acceptors (Lipinski definition) is 5. The third kappa shape index (κ3) is 3.56. The van der Waals surface area contributed by atoms with E-state index < -0.39 is 0 Å². The number of ether oxygens (including phenoxy) is 2. The molecule has 1 fully saturated rings. The normalized spacial score (nSPS) is 18.1. The molecule has 0 saturated carbocycles. The van der Waals surface area contributed by atoms with Gasteiger partial charge < -0.3 is 24.7 Å². The van der Waals surface area contributed by atoms with Crippen molar-refractivity contribution in [3.05, 3.63) is 48.3 Å². The molecule has 5 rings (SSSR count). The highest BCUT2D eigenvalue weighted by Crippen LogP contribution is 2.35. The van der Waals surface area contributed by atoms with Gasteiger partial charge in [-0.1, -0.05) is 12.1 Å². The Balaban J connectivity index is 1.18. The predicted octanol–water partition coefficient (Wildman–Crippen LogP) is 2.05. The van der Waals surface area contributed by atoms with Gasteiger partial charge in [0, 0.05) is 37.7 Å². The van der Waals surface area contributed by atoms with E-state index in [4.69, 9.17) is 9.47 Å². The van der Waals surface area contributed by atoms with Crippen LogP contribution in [0.2, 0.25) is 0 Å². The van der Waals surface area contributed by atoms with Crippen LogP contribution in [0.1, 0.15) is 12.2 Å². The van der Waals surface area contributed by atoms with Crippen molar-refractivity contribution in [2.24, 2.45) is 5.92 Å². The lowest BCUT2D eigenvalue weighted by Crippen LogP contribution is -2.34. The summed E-state index contributed by atoms with van der Waals surface area (Å²) in [7, 11) is 0. The monoisotopic (exact) mass is 406 g/mol. The number of imidazole rings is 1. The summed E-state index contributed by atoms with van der Waals surface area (Å²) in [6.07, 6.45) is 0.803. The first-order valence-electron chi connectivity index (χ1n) is 10.1. The fourth-order valence-electron chi connectivity index (χ4n) is 3.91. The van der Waals surface area contributed by atoms with E-state index in [1.54, 1.807) is 17.0 Å². The lowest BCUT2D eigenvalue weighted by atomic mass is 10.1. The number of para-hydroxylation sites is 2. The van der Waals surface area contributed by atoms with E-state index in [1.807, 2.05) is 30.3 Å². The minimum atomic E-state index is -0.374. The van der Waals surface area contributed by atoms with Crippen molar-refractivity contribution in [3.63, 3.8) is 0 Å². The molecule has 2 aliphatic heterocycles. The Kier molecular flexibility index (Phi) is 4.74. The van der Waals surface area contributed by atoms with E-state index in [9.17, 15) is 9.59 Å². The highest BCUT2D eigenvalue weighted by atomic mass is 16.6. The van der Waals surface area contributed by atoms with E-state index in [2.05, 4.69) is 15.3 Å². The van der Waals surface area contributed by atoms with Gasteiger partial charge in [-0.05, 0) is 24.3 Å². The number of hydrogen-bond donors (Lipinski definition) is 2. The van der Waals surface area contributed by atoms with E-state index in [-0.39, 0.29) is 24.2 Å². The van der Waals surface area contributed by atoms with E-state index >= 15 is 0 Å². The number of carbonyl (C=O) groups is 2. The fourth-order valence-corrected chi connectivity index (χ4v) is 3.91. The molecule has 8 heteroatoms. The smallest absolute Gasteiger partial charge is 0.227 e. The molecule has 1 atom stereocenters. The average molecular weight is 406 g/mol. The summed E-state index contributed by atoms with van der Waals surface area (Å²) in [6.45, 7) is 1.83.